The maximum atomic E-state index is 13.5. The lowest BCUT2D eigenvalue weighted by Crippen LogP contribution is -2.29. The van der Waals surface area contributed by atoms with Crippen molar-refractivity contribution in [2.24, 2.45) is 0 Å². The van der Waals surface area contributed by atoms with E-state index in [2.05, 4.69) is 11.6 Å². The smallest absolute Gasteiger partial charge is 0.350 e. The molecular formula is C33H27ClN2O6S. The Kier molecular flexibility index (Phi) is 8.75. The molecule has 43 heavy (non-hydrogen) atoms. The highest BCUT2D eigenvalue weighted by molar-refractivity contribution is 7.17. The number of nitrogens with zero attached hydrogens (tertiary/aromatic N) is 2. The Morgan fingerprint density at radius 1 is 1.09 bits per heavy atom. The second kappa shape index (κ2) is 12.6. The summed E-state index contributed by atoms with van der Waals surface area (Å²) in [5.74, 6) is -2.22. The zero-order chi connectivity index (χ0) is 30.7. The van der Waals surface area contributed by atoms with Crippen molar-refractivity contribution in [3.05, 3.63) is 129 Å². The lowest BCUT2D eigenvalue weighted by Gasteiger charge is -2.23. The summed E-state index contributed by atoms with van der Waals surface area (Å²) in [7, 11) is 0. The van der Waals surface area contributed by atoms with Gasteiger partial charge in [0, 0.05) is 10.6 Å². The highest BCUT2D eigenvalue weighted by Crippen LogP contribution is 2.44. The minimum atomic E-state index is -1.06. The number of carbonyl (C=O) groups excluding carboxylic acids is 3. The number of amides is 1. The van der Waals surface area contributed by atoms with Gasteiger partial charge in [-0.1, -0.05) is 77.6 Å². The Balaban J connectivity index is 1.52. The Bertz CT molecular complexity index is 1760. The molecule has 1 saturated heterocycles. The van der Waals surface area contributed by atoms with Gasteiger partial charge in [0.15, 0.2) is 5.13 Å². The van der Waals surface area contributed by atoms with Crippen molar-refractivity contribution in [1.82, 2.24) is 4.98 Å². The molecule has 1 atom stereocenters. The first-order valence-corrected chi connectivity index (χ1v) is 14.5. The topological polar surface area (TPSA) is 106 Å². The number of hydrogen-bond acceptors (Lipinski definition) is 8. The first kappa shape index (κ1) is 29.8. The third kappa shape index (κ3) is 6.23. The molecule has 1 unspecified atom stereocenters. The molecular weight excluding hydrogens is 588 g/mol. The predicted molar refractivity (Wildman–Crippen MR) is 166 cm³/mol. The number of anilines is 1. The van der Waals surface area contributed by atoms with E-state index in [1.807, 2.05) is 31.2 Å². The van der Waals surface area contributed by atoms with Crippen LogP contribution in [0.4, 0.5) is 5.13 Å². The molecule has 2 heterocycles. The summed E-state index contributed by atoms with van der Waals surface area (Å²) in [5.41, 5.74) is 3.14. The van der Waals surface area contributed by atoms with E-state index < -0.39 is 23.7 Å². The van der Waals surface area contributed by atoms with Gasteiger partial charge in [-0.25, -0.2) is 9.78 Å². The number of Topliss-reactive ketones (excluding diaryl/α,β-unsaturated/α-hetero) is 1. The van der Waals surface area contributed by atoms with Crippen LogP contribution in [0.3, 0.4) is 0 Å². The summed E-state index contributed by atoms with van der Waals surface area (Å²) in [5, 5.41) is 11.9. The third-order valence-electron chi connectivity index (χ3n) is 6.73. The van der Waals surface area contributed by atoms with Gasteiger partial charge < -0.3 is 14.6 Å². The summed E-state index contributed by atoms with van der Waals surface area (Å²) >= 11 is 7.21. The van der Waals surface area contributed by atoms with Crippen molar-refractivity contribution in [2.75, 3.05) is 11.5 Å². The zero-order valence-electron chi connectivity index (χ0n) is 23.4. The number of benzene rings is 3. The molecule has 0 spiro atoms. The molecule has 1 aliphatic rings. The van der Waals surface area contributed by atoms with Gasteiger partial charge in [0.25, 0.3) is 5.78 Å². The number of aryl methyl sites for hydroxylation is 2. The van der Waals surface area contributed by atoms with Gasteiger partial charge in [-0.2, -0.15) is 0 Å². The van der Waals surface area contributed by atoms with E-state index in [0.29, 0.717) is 34.2 Å². The molecule has 0 saturated carbocycles. The first-order valence-electron chi connectivity index (χ1n) is 13.3. The van der Waals surface area contributed by atoms with Crippen molar-refractivity contribution < 1.29 is 29.0 Å². The number of rotatable bonds is 9. The van der Waals surface area contributed by atoms with Crippen LogP contribution in [0, 0.1) is 13.8 Å². The van der Waals surface area contributed by atoms with Gasteiger partial charge in [0.05, 0.1) is 17.3 Å². The van der Waals surface area contributed by atoms with Gasteiger partial charge in [-0.15, -0.1) is 0 Å². The van der Waals surface area contributed by atoms with E-state index in [9.17, 15) is 19.5 Å². The van der Waals surface area contributed by atoms with E-state index in [1.54, 1.807) is 55.5 Å². The van der Waals surface area contributed by atoms with E-state index in [4.69, 9.17) is 21.1 Å². The number of thiazole rings is 1. The number of esters is 1. The number of aromatic nitrogens is 1. The quantitative estimate of drug-likeness (QED) is 0.0714. The van der Waals surface area contributed by atoms with Crippen LogP contribution in [0.15, 0.2) is 91.0 Å². The largest absolute Gasteiger partial charge is 0.507 e. The van der Waals surface area contributed by atoms with Crippen LogP contribution in [0.25, 0.3) is 5.76 Å². The maximum Gasteiger partial charge on any atom is 0.350 e. The number of ketones is 1. The van der Waals surface area contributed by atoms with E-state index in [-0.39, 0.29) is 27.9 Å². The lowest BCUT2D eigenvalue weighted by atomic mass is 9.95. The molecule has 10 heteroatoms. The second-order valence-corrected chi connectivity index (χ2v) is 11.2. The minimum absolute atomic E-state index is 0.00823. The second-order valence-electron chi connectivity index (χ2n) is 9.82. The number of hydrogen-bond donors (Lipinski definition) is 1. The molecule has 218 valence electrons. The monoisotopic (exact) mass is 614 g/mol. The molecule has 1 N–H and O–H groups in total. The van der Waals surface area contributed by atoms with Crippen molar-refractivity contribution in [1.29, 1.82) is 0 Å². The molecule has 0 radical (unpaired) electrons. The molecule has 8 nitrogen and oxygen atoms in total. The Hall–Kier alpha value is -4.73. The van der Waals surface area contributed by atoms with Crippen LogP contribution in [0.2, 0.25) is 5.02 Å². The highest BCUT2D eigenvalue weighted by Gasteiger charge is 2.48. The SMILES string of the molecule is C=CCOC(=O)c1sc(N2C(=O)C(=O)/C(=C(/O)c3ccc(OCc4cccc(C)c4)cc3)C2c2cccc(Cl)c2)nc1C. The third-order valence-corrected chi connectivity index (χ3v) is 8.11. The normalized spacial score (nSPS) is 15.9. The van der Waals surface area contributed by atoms with Gasteiger partial charge in [-0.3, -0.25) is 14.5 Å². The van der Waals surface area contributed by atoms with Crippen molar-refractivity contribution in [3.8, 4) is 5.75 Å². The van der Waals surface area contributed by atoms with E-state index in [0.717, 1.165) is 22.5 Å². The van der Waals surface area contributed by atoms with Crippen LogP contribution < -0.4 is 9.64 Å². The van der Waals surface area contributed by atoms with Gasteiger partial charge in [0.1, 0.15) is 29.6 Å². The Morgan fingerprint density at radius 2 is 1.84 bits per heavy atom. The standard InChI is InChI=1S/C33H27ClN2O6S/c1-4-15-41-32(40)30-20(3)35-33(43-30)36-27(23-9-6-10-24(34)17-23)26(29(38)31(36)39)28(37)22-11-13-25(14-12-22)42-18-21-8-5-7-19(2)16-21/h4-14,16-17,27,37H,1,15,18H2,2-3H3/b28-26+. The molecule has 1 fully saturated rings. The summed E-state index contributed by atoms with van der Waals surface area (Å²) in [6.45, 7) is 7.53. The average Bonchev–Trinajstić information content (AvgIpc) is 3.51. The van der Waals surface area contributed by atoms with Crippen LogP contribution in [-0.4, -0.2) is 34.4 Å². The molecule has 0 aliphatic carbocycles. The zero-order valence-corrected chi connectivity index (χ0v) is 24.9. The minimum Gasteiger partial charge on any atom is -0.507 e. The van der Waals surface area contributed by atoms with Crippen LogP contribution in [0.1, 0.15) is 43.7 Å². The number of carbonyl (C=O) groups is 3. The molecule has 1 aliphatic heterocycles. The van der Waals surface area contributed by atoms with Crippen LogP contribution in [0.5, 0.6) is 5.75 Å². The molecule has 1 aromatic heterocycles. The van der Waals surface area contributed by atoms with Crippen LogP contribution >= 0.6 is 22.9 Å². The summed E-state index contributed by atoms with van der Waals surface area (Å²) in [4.78, 5) is 45.4. The lowest BCUT2D eigenvalue weighted by molar-refractivity contribution is -0.132. The number of halogens is 1. The van der Waals surface area contributed by atoms with Gasteiger partial charge >= 0.3 is 11.9 Å². The summed E-state index contributed by atoms with van der Waals surface area (Å²) in [6.07, 6.45) is 1.44. The van der Waals surface area contributed by atoms with E-state index in [1.165, 1.54) is 11.0 Å². The van der Waals surface area contributed by atoms with Crippen molar-refractivity contribution >= 4 is 51.5 Å². The molecule has 5 rings (SSSR count). The fourth-order valence-corrected chi connectivity index (χ4v) is 5.92. The number of ether oxygens (including phenoxy) is 2. The Morgan fingerprint density at radius 3 is 2.53 bits per heavy atom. The summed E-state index contributed by atoms with van der Waals surface area (Å²) < 4.78 is 11.0. The molecule has 0 bridgehead atoms. The molecule has 1 amide bonds. The number of aliphatic hydroxyl groups is 1. The summed E-state index contributed by atoms with van der Waals surface area (Å²) in [6, 6.07) is 20.2. The average molecular weight is 615 g/mol. The molecule has 4 aromatic rings. The van der Waals surface area contributed by atoms with Gasteiger partial charge in [0.2, 0.25) is 0 Å². The van der Waals surface area contributed by atoms with Crippen molar-refractivity contribution in [2.45, 2.75) is 26.5 Å². The predicted octanol–water partition coefficient (Wildman–Crippen LogP) is 6.96. The highest BCUT2D eigenvalue weighted by atomic mass is 35.5. The number of aliphatic hydroxyl groups excluding tert-OH is 1. The maximum absolute atomic E-state index is 13.5. The fourth-order valence-electron chi connectivity index (χ4n) is 4.73. The van der Waals surface area contributed by atoms with Crippen LogP contribution in [-0.2, 0) is 20.9 Å². The molecule has 3 aromatic carbocycles. The van der Waals surface area contributed by atoms with E-state index >= 15 is 0 Å². The Labute approximate surface area is 257 Å². The van der Waals surface area contributed by atoms with Gasteiger partial charge in [-0.05, 0) is 61.4 Å². The first-order chi connectivity index (χ1) is 20.7. The fraction of sp³-hybridized carbons (Fsp3) is 0.152. The van der Waals surface area contributed by atoms with Crippen molar-refractivity contribution in [3.63, 3.8) is 0 Å².